The molecule has 1 aromatic carbocycles. The van der Waals surface area contributed by atoms with Crippen LogP contribution >= 0.6 is 0 Å². The zero-order chi connectivity index (χ0) is 15.2. The minimum Gasteiger partial charge on any atom is -0.306 e. The van der Waals surface area contributed by atoms with Gasteiger partial charge in [-0.3, -0.25) is 9.48 Å². The molecule has 21 heavy (non-hydrogen) atoms. The molecule has 1 heterocycles. The maximum absolute atomic E-state index is 12.8. The number of para-hydroxylation sites is 1. The van der Waals surface area contributed by atoms with Crippen LogP contribution in [0.25, 0.3) is 0 Å². The van der Waals surface area contributed by atoms with Gasteiger partial charge >= 0.3 is 0 Å². The van der Waals surface area contributed by atoms with Crippen molar-refractivity contribution < 1.29 is 4.79 Å². The van der Waals surface area contributed by atoms with E-state index in [0.29, 0.717) is 25.2 Å². The Hall–Kier alpha value is -2.61. The summed E-state index contributed by atoms with van der Waals surface area (Å²) in [5.41, 5.74) is 2.16. The monoisotopic (exact) mass is 282 g/mol. The van der Waals surface area contributed by atoms with Crippen LogP contribution < -0.4 is 4.90 Å². The highest BCUT2D eigenvalue weighted by Gasteiger charge is 2.21. The summed E-state index contributed by atoms with van der Waals surface area (Å²) in [5.74, 6) is -0.126. The van der Waals surface area contributed by atoms with E-state index in [0.717, 1.165) is 11.4 Å². The number of amides is 1. The van der Waals surface area contributed by atoms with Crippen LogP contribution in [0.2, 0.25) is 0 Å². The van der Waals surface area contributed by atoms with Crippen molar-refractivity contribution in [3.05, 3.63) is 47.8 Å². The number of hydrogen-bond donors (Lipinski definition) is 0. The van der Waals surface area contributed by atoms with Crippen molar-refractivity contribution >= 4 is 11.6 Å². The van der Waals surface area contributed by atoms with Crippen LogP contribution in [-0.2, 0) is 6.54 Å². The lowest BCUT2D eigenvalue weighted by molar-refractivity contribution is 0.0977. The maximum atomic E-state index is 12.8. The molecule has 0 fully saturated rings. The Balaban J connectivity index is 2.36. The molecule has 0 aliphatic carbocycles. The van der Waals surface area contributed by atoms with E-state index >= 15 is 0 Å². The van der Waals surface area contributed by atoms with Gasteiger partial charge < -0.3 is 4.90 Å². The van der Waals surface area contributed by atoms with E-state index < -0.39 is 0 Å². The molecule has 5 nitrogen and oxygen atoms in total. The van der Waals surface area contributed by atoms with Crippen molar-refractivity contribution in [1.29, 1.82) is 5.26 Å². The number of carbonyl (C=O) groups excluding carboxylic acids is 1. The molecule has 0 radical (unpaired) electrons. The lowest BCUT2D eigenvalue weighted by atomic mass is 10.2. The second kappa shape index (κ2) is 6.71. The Bertz CT molecular complexity index is 655. The molecule has 0 N–H and O–H groups in total. The van der Waals surface area contributed by atoms with Gasteiger partial charge in [0.25, 0.3) is 5.91 Å². The van der Waals surface area contributed by atoms with Crippen LogP contribution in [0, 0.1) is 18.3 Å². The molecule has 0 saturated carbocycles. The van der Waals surface area contributed by atoms with Gasteiger partial charge in [-0.1, -0.05) is 18.2 Å². The van der Waals surface area contributed by atoms with Crippen LogP contribution in [0.1, 0.15) is 29.5 Å². The van der Waals surface area contributed by atoms with Crippen LogP contribution in [0.15, 0.2) is 36.4 Å². The maximum Gasteiger partial charge on any atom is 0.276 e. The van der Waals surface area contributed by atoms with E-state index in [1.165, 1.54) is 0 Å². The standard InChI is InChI=1S/C16H18N4O/c1-3-20-15(12-13(2)18-20)16(21)19(11-7-10-17)14-8-5-4-6-9-14/h4-6,8-9,12H,3,7,11H2,1-2H3. The molecule has 0 bridgehead atoms. The van der Waals surface area contributed by atoms with Gasteiger partial charge in [0.1, 0.15) is 5.69 Å². The van der Waals surface area contributed by atoms with Crippen molar-refractivity contribution in [2.24, 2.45) is 0 Å². The van der Waals surface area contributed by atoms with Gasteiger partial charge in [0.2, 0.25) is 0 Å². The van der Waals surface area contributed by atoms with Gasteiger partial charge in [-0.15, -0.1) is 0 Å². The van der Waals surface area contributed by atoms with Crippen LogP contribution in [0.4, 0.5) is 5.69 Å². The van der Waals surface area contributed by atoms with Crippen molar-refractivity contribution in [3.63, 3.8) is 0 Å². The minimum absolute atomic E-state index is 0.126. The Labute approximate surface area is 124 Å². The lowest BCUT2D eigenvalue weighted by Crippen LogP contribution is -2.33. The van der Waals surface area contributed by atoms with Gasteiger partial charge in [-0.2, -0.15) is 10.4 Å². The number of aromatic nitrogens is 2. The Morgan fingerprint density at radius 1 is 1.38 bits per heavy atom. The molecule has 108 valence electrons. The largest absolute Gasteiger partial charge is 0.306 e. The quantitative estimate of drug-likeness (QED) is 0.847. The summed E-state index contributed by atoms with van der Waals surface area (Å²) in [6, 6.07) is 13.3. The highest BCUT2D eigenvalue weighted by Crippen LogP contribution is 2.18. The van der Waals surface area contributed by atoms with Gasteiger partial charge in [0.05, 0.1) is 18.2 Å². The first-order valence-corrected chi connectivity index (χ1v) is 6.95. The molecule has 1 aromatic heterocycles. The van der Waals surface area contributed by atoms with Crippen LogP contribution in [0.5, 0.6) is 0 Å². The summed E-state index contributed by atoms with van der Waals surface area (Å²) >= 11 is 0. The molecular formula is C16H18N4O. The van der Waals surface area contributed by atoms with E-state index in [1.54, 1.807) is 15.6 Å². The zero-order valence-electron chi connectivity index (χ0n) is 12.3. The highest BCUT2D eigenvalue weighted by atomic mass is 16.2. The SMILES string of the molecule is CCn1nc(C)cc1C(=O)N(CCC#N)c1ccccc1. The summed E-state index contributed by atoms with van der Waals surface area (Å²) in [7, 11) is 0. The van der Waals surface area contributed by atoms with Gasteiger partial charge in [0.15, 0.2) is 0 Å². The lowest BCUT2D eigenvalue weighted by Gasteiger charge is -2.22. The van der Waals surface area contributed by atoms with Crippen molar-refractivity contribution in [2.45, 2.75) is 26.8 Å². The van der Waals surface area contributed by atoms with Crippen molar-refractivity contribution in [2.75, 3.05) is 11.4 Å². The normalized spacial score (nSPS) is 10.1. The predicted octanol–water partition coefficient (Wildman–Crippen LogP) is 2.77. The Morgan fingerprint density at radius 2 is 2.10 bits per heavy atom. The van der Waals surface area contributed by atoms with Gasteiger partial charge in [-0.05, 0) is 32.0 Å². The third-order valence-electron chi connectivity index (χ3n) is 3.18. The number of carbonyl (C=O) groups is 1. The summed E-state index contributed by atoms with van der Waals surface area (Å²) in [6.45, 7) is 4.82. The zero-order valence-corrected chi connectivity index (χ0v) is 12.3. The second-order valence-corrected chi connectivity index (χ2v) is 4.69. The third kappa shape index (κ3) is 3.29. The van der Waals surface area contributed by atoms with Gasteiger partial charge in [-0.25, -0.2) is 0 Å². The number of hydrogen-bond acceptors (Lipinski definition) is 3. The average molecular weight is 282 g/mol. The van der Waals surface area contributed by atoms with Gasteiger partial charge in [0, 0.05) is 18.8 Å². The van der Waals surface area contributed by atoms with E-state index in [1.807, 2.05) is 44.2 Å². The third-order valence-corrected chi connectivity index (χ3v) is 3.18. The number of rotatable bonds is 5. The molecule has 0 atom stereocenters. The summed E-state index contributed by atoms with van der Waals surface area (Å²) in [5, 5.41) is 13.1. The minimum atomic E-state index is -0.126. The molecule has 0 aliphatic rings. The summed E-state index contributed by atoms with van der Waals surface area (Å²) < 4.78 is 1.69. The molecule has 0 spiro atoms. The van der Waals surface area contributed by atoms with Crippen molar-refractivity contribution in [3.8, 4) is 6.07 Å². The fraction of sp³-hybridized carbons (Fsp3) is 0.312. The molecule has 1 amide bonds. The van der Waals surface area contributed by atoms with Crippen LogP contribution in [-0.4, -0.2) is 22.2 Å². The smallest absolute Gasteiger partial charge is 0.276 e. The first-order chi connectivity index (χ1) is 10.2. The molecule has 2 rings (SSSR count). The number of benzene rings is 1. The fourth-order valence-corrected chi connectivity index (χ4v) is 2.21. The number of aryl methyl sites for hydroxylation is 2. The first-order valence-electron chi connectivity index (χ1n) is 6.95. The van der Waals surface area contributed by atoms with E-state index in [-0.39, 0.29) is 5.91 Å². The fourth-order valence-electron chi connectivity index (χ4n) is 2.21. The molecular weight excluding hydrogens is 264 g/mol. The van der Waals surface area contributed by atoms with E-state index in [9.17, 15) is 4.79 Å². The summed E-state index contributed by atoms with van der Waals surface area (Å²) in [6.07, 6.45) is 0.292. The Kier molecular flexibility index (Phi) is 4.72. The van der Waals surface area contributed by atoms with E-state index in [2.05, 4.69) is 11.2 Å². The average Bonchev–Trinajstić information content (AvgIpc) is 2.89. The topological polar surface area (TPSA) is 61.9 Å². The molecule has 0 saturated heterocycles. The highest BCUT2D eigenvalue weighted by molar-refractivity contribution is 6.05. The number of nitrogens with zero attached hydrogens (tertiary/aromatic N) is 4. The van der Waals surface area contributed by atoms with E-state index in [4.69, 9.17) is 5.26 Å². The van der Waals surface area contributed by atoms with Crippen LogP contribution in [0.3, 0.4) is 0 Å². The predicted molar refractivity (Wildman–Crippen MR) is 81.0 cm³/mol. The Morgan fingerprint density at radius 3 is 2.71 bits per heavy atom. The van der Waals surface area contributed by atoms with Crippen molar-refractivity contribution in [1.82, 2.24) is 9.78 Å². The first kappa shape index (κ1) is 14.8. The number of nitriles is 1. The number of anilines is 1. The molecule has 0 unspecified atom stereocenters. The second-order valence-electron chi connectivity index (χ2n) is 4.69. The molecule has 2 aromatic rings. The molecule has 5 heteroatoms. The molecule has 0 aliphatic heterocycles. The summed E-state index contributed by atoms with van der Waals surface area (Å²) in [4.78, 5) is 14.4.